The molecule has 1 amide bonds. The third kappa shape index (κ3) is 3.86. The van der Waals surface area contributed by atoms with Crippen molar-refractivity contribution in [2.24, 2.45) is 5.73 Å². The topological polar surface area (TPSA) is 64.2 Å². The summed E-state index contributed by atoms with van der Waals surface area (Å²) in [5, 5.41) is 5.67. The molecule has 0 aliphatic rings. The molecular formula is C18H23ClN4OS. The van der Waals surface area contributed by atoms with Crippen molar-refractivity contribution in [2.75, 3.05) is 13.6 Å². The fourth-order valence-corrected chi connectivity index (χ4v) is 3.76. The molecule has 3 rings (SSSR count). The molecule has 0 fully saturated rings. The van der Waals surface area contributed by atoms with E-state index in [2.05, 4.69) is 17.2 Å². The van der Waals surface area contributed by atoms with Gasteiger partial charge in [0.2, 0.25) is 0 Å². The van der Waals surface area contributed by atoms with E-state index < -0.39 is 0 Å². The van der Waals surface area contributed by atoms with Crippen LogP contribution in [0.3, 0.4) is 0 Å². The minimum atomic E-state index is 0. The lowest BCUT2D eigenvalue weighted by atomic mass is 10.2. The van der Waals surface area contributed by atoms with E-state index in [1.807, 2.05) is 42.8 Å². The molecule has 0 saturated heterocycles. The second kappa shape index (κ2) is 7.99. The Morgan fingerprint density at radius 3 is 2.68 bits per heavy atom. The summed E-state index contributed by atoms with van der Waals surface area (Å²) in [5.74, 6) is 0.0137. The van der Waals surface area contributed by atoms with Gasteiger partial charge in [0, 0.05) is 25.0 Å². The Labute approximate surface area is 157 Å². The minimum Gasteiger partial charge on any atom is -0.337 e. The van der Waals surface area contributed by atoms with Gasteiger partial charge in [0.05, 0.1) is 17.1 Å². The number of likely N-dealkylation sites (N-methyl/N-ethyl adjacent to an activating group) is 1. The molecule has 2 N–H and O–H groups in total. The summed E-state index contributed by atoms with van der Waals surface area (Å²) >= 11 is 1.50. The van der Waals surface area contributed by atoms with E-state index in [9.17, 15) is 4.79 Å². The van der Waals surface area contributed by atoms with Crippen LogP contribution in [0.1, 0.15) is 27.9 Å². The Balaban J connectivity index is 0.00000225. The number of nitrogens with two attached hydrogens (primary N) is 1. The van der Waals surface area contributed by atoms with E-state index in [-0.39, 0.29) is 24.4 Å². The van der Waals surface area contributed by atoms with Crippen LogP contribution in [0.4, 0.5) is 0 Å². The first-order valence-corrected chi connectivity index (χ1v) is 8.81. The molecule has 5 nitrogen and oxygen atoms in total. The molecule has 2 aromatic heterocycles. The number of hydrogen-bond acceptors (Lipinski definition) is 4. The van der Waals surface area contributed by atoms with Crippen LogP contribution >= 0.6 is 23.7 Å². The fourth-order valence-electron chi connectivity index (χ4n) is 2.61. The number of nitrogens with zero attached hydrogens (tertiary/aromatic N) is 3. The predicted octanol–water partition coefficient (Wildman–Crippen LogP) is 3.30. The normalized spacial score (nSPS) is 12.0. The Kier molecular flexibility index (Phi) is 6.21. The number of halogens is 1. The molecule has 0 saturated carbocycles. The highest BCUT2D eigenvalue weighted by molar-refractivity contribution is 7.20. The summed E-state index contributed by atoms with van der Waals surface area (Å²) in [4.78, 5) is 16.1. The Bertz CT molecular complexity index is 859. The van der Waals surface area contributed by atoms with Crippen molar-refractivity contribution < 1.29 is 4.79 Å². The summed E-state index contributed by atoms with van der Waals surface area (Å²) in [5.41, 5.74) is 7.81. The lowest BCUT2D eigenvalue weighted by molar-refractivity contribution is 0.0753. The maximum Gasteiger partial charge on any atom is 0.264 e. The molecule has 7 heteroatoms. The van der Waals surface area contributed by atoms with Crippen molar-refractivity contribution in [1.82, 2.24) is 14.7 Å². The van der Waals surface area contributed by atoms with Gasteiger partial charge in [-0.1, -0.05) is 30.3 Å². The number of carbonyl (C=O) groups is 1. The van der Waals surface area contributed by atoms with Gasteiger partial charge in [0.15, 0.2) is 0 Å². The van der Waals surface area contributed by atoms with Gasteiger partial charge < -0.3 is 10.6 Å². The van der Waals surface area contributed by atoms with Gasteiger partial charge in [0.25, 0.3) is 5.91 Å². The highest BCUT2D eigenvalue weighted by atomic mass is 35.5. The standard InChI is InChI=1S/C18H22N4OS.ClH/c1-12(10-19)21(3)17(23)16-9-15-13(2)20-22(18(15)24-16)11-14-7-5-4-6-8-14;/h4-9,12H,10-11,19H2,1-3H3;1H. The second-order valence-corrected chi connectivity index (χ2v) is 7.09. The summed E-state index contributed by atoms with van der Waals surface area (Å²) in [7, 11) is 1.80. The van der Waals surface area contributed by atoms with Crippen molar-refractivity contribution in [3.05, 3.63) is 52.5 Å². The molecule has 1 atom stereocenters. The first kappa shape index (κ1) is 19.4. The largest absolute Gasteiger partial charge is 0.337 e. The number of carbonyl (C=O) groups excluding carboxylic acids is 1. The van der Waals surface area contributed by atoms with Crippen molar-refractivity contribution in [3.63, 3.8) is 0 Å². The van der Waals surface area contributed by atoms with Gasteiger partial charge in [-0.15, -0.1) is 23.7 Å². The number of amides is 1. The number of aryl methyl sites for hydroxylation is 1. The van der Waals surface area contributed by atoms with Gasteiger partial charge in [-0.05, 0) is 25.5 Å². The first-order valence-electron chi connectivity index (χ1n) is 7.99. The van der Waals surface area contributed by atoms with Crippen LogP contribution in [0.2, 0.25) is 0 Å². The Morgan fingerprint density at radius 1 is 1.36 bits per heavy atom. The molecule has 0 radical (unpaired) electrons. The molecule has 1 aromatic carbocycles. The zero-order valence-corrected chi connectivity index (χ0v) is 16.2. The quantitative estimate of drug-likeness (QED) is 0.740. The van der Waals surface area contributed by atoms with Gasteiger partial charge in [-0.2, -0.15) is 5.10 Å². The van der Waals surface area contributed by atoms with E-state index in [1.54, 1.807) is 11.9 Å². The Hall–Kier alpha value is -1.89. The van der Waals surface area contributed by atoms with Crippen LogP contribution < -0.4 is 5.73 Å². The number of rotatable bonds is 5. The van der Waals surface area contributed by atoms with Gasteiger partial charge in [-0.3, -0.25) is 9.48 Å². The van der Waals surface area contributed by atoms with Crippen molar-refractivity contribution in [1.29, 1.82) is 0 Å². The molecule has 0 aliphatic heterocycles. The minimum absolute atomic E-state index is 0. The molecular weight excluding hydrogens is 356 g/mol. The van der Waals surface area contributed by atoms with Crippen LogP contribution in [0.5, 0.6) is 0 Å². The van der Waals surface area contributed by atoms with E-state index in [0.29, 0.717) is 13.1 Å². The molecule has 1 unspecified atom stereocenters. The average Bonchev–Trinajstić information content (AvgIpc) is 3.15. The summed E-state index contributed by atoms with van der Waals surface area (Å²) in [6, 6.07) is 12.2. The van der Waals surface area contributed by atoms with Crippen molar-refractivity contribution in [2.45, 2.75) is 26.4 Å². The highest BCUT2D eigenvalue weighted by Crippen LogP contribution is 2.29. The average molecular weight is 379 g/mol. The molecule has 2 heterocycles. The second-order valence-electron chi connectivity index (χ2n) is 6.06. The lowest BCUT2D eigenvalue weighted by Crippen LogP contribution is -2.39. The summed E-state index contributed by atoms with van der Waals surface area (Å²) in [6.07, 6.45) is 0. The lowest BCUT2D eigenvalue weighted by Gasteiger charge is -2.22. The van der Waals surface area contributed by atoms with E-state index in [4.69, 9.17) is 5.73 Å². The third-order valence-corrected chi connectivity index (χ3v) is 5.45. The number of hydrogen-bond donors (Lipinski definition) is 1. The van der Waals surface area contributed by atoms with Crippen LogP contribution in [0, 0.1) is 6.92 Å². The summed E-state index contributed by atoms with van der Waals surface area (Å²) < 4.78 is 1.98. The van der Waals surface area contributed by atoms with Crippen LogP contribution in [0.15, 0.2) is 36.4 Å². The number of benzene rings is 1. The zero-order valence-electron chi connectivity index (χ0n) is 14.6. The van der Waals surface area contributed by atoms with Crippen LogP contribution in [0.25, 0.3) is 10.2 Å². The van der Waals surface area contributed by atoms with Gasteiger partial charge in [0.1, 0.15) is 4.83 Å². The maximum atomic E-state index is 12.6. The van der Waals surface area contributed by atoms with E-state index in [1.165, 1.54) is 16.9 Å². The smallest absolute Gasteiger partial charge is 0.264 e. The molecule has 3 aromatic rings. The summed E-state index contributed by atoms with van der Waals surface area (Å²) in [6.45, 7) is 5.09. The molecule has 134 valence electrons. The van der Waals surface area contributed by atoms with Gasteiger partial charge in [-0.25, -0.2) is 0 Å². The number of fused-ring (bicyclic) bond motifs is 1. The molecule has 0 spiro atoms. The maximum absolute atomic E-state index is 12.6. The predicted molar refractivity (Wildman–Crippen MR) is 106 cm³/mol. The molecule has 25 heavy (non-hydrogen) atoms. The van der Waals surface area contributed by atoms with Gasteiger partial charge >= 0.3 is 0 Å². The van der Waals surface area contributed by atoms with E-state index in [0.717, 1.165) is 20.8 Å². The third-order valence-electron chi connectivity index (χ3n) is 4.32. The van der Waals surface area contributed by atoms with Crippen LogP contribution in [-0.4, -0.2) is 40.2 Å². The fraction of sp³-hybridized carbons (Fsp3) is 0.333. The van der Waals surface area contributed by atoms with Crippen molar-refractivity contribution >= 4 is 39.9 Å². The number of aromatic nitrogens is 2. The van der Waals surface area contributed by atoms with Crippen LogP contribution in [-0.2, 0) is 6.54 Å². The SMILES string of the molecule is Cc1nn(Cc2ccccc2)c2sc(C(=O)N(C)C(C)CN)cc12.Cl. The first-order chi connectivity index (χ1) is 11.5. The van der Waals surface area contributed by atoms with E-state index >= 15 is 0 Å². The highest BCUT2D eigenvalue weighted by Gasteiger charge is 2.21. The molecule has 0 bridgehead atoms. The molecule has 0 aliphatic carbocycles. The Morgan fingerprint density at radius 2 is 2.04 bits per heavy atom. The van der Waals surface area contributed by atoms with Crippen molar-refractivity contribution in [3.8, 4) is 0 Å². The number of thiophene rings is 1. The monoisotopic (exact) mass is 378 g/mol. The zero-order chi connectivity index (χ0) is 17.3.